The molecule has 0 aliphatic carbocycles. The molecule has 0 atom stereocenters. The fourth-order valence-corrected chi connectivity index (χ4v) is 5.49. The summed E-state index contributed by atoms with van der Waals surface area (Å²) in [6.45, 7) is 3.42. The summed E-state index contributed by atoms with van der Waals surface area (Å²) in [4.78, 5) is 24.6. The summed E-state index contributed by atoms with van der Waals surface area (Å²) in [5.74, 6) is -0.298. The standard InChI is InChI=1S/C17H19Cl2N5O5S/c1-11-17(24(26)27)12(2)23(20-11)10-15(25)21-6-8-22(9-7-21)30(28,29)14-5-3-4-13(18)16(14)19/h3-5H,6-10H2,1-2H3. The average molecular weight is 476 g/mol. The topological polar surface area (TPSA) is 119 Å². The molecule has 1 aromatic heterocycles. The number of rotatable bonds is 5. The van der Waals surface area contributed by atoms with Crippen molar-refractivity contribution >= 4 is 44.8 Å². The van der Waals surface area contributed by atoms with E-state index < -0.39 is 14.9 Å². The van der Waals surface area contributed by atoms with Crippen molar-refractivity contribution in [3.63, 3.8) is 0 Å². The van der Waals surface area contributed by atoms with Crippen LogP contribution >= 0.6 is 23.2 Å². The first-order valence-corrected chi connectivity index (χ1v) is 11.1. The predicted molar refractivity (Wildman–Crippen MR) is 110 cm³/mol. The summed E-state index contributed by atoms with van der Waals surface area (Å²) >= 11 is 12.0. The van der Waals surface area contributed by atoms with Crippen LogP contribution < -0.4 is 0 Å². The number of aromatic nitrogens is 2. The Hall–Kier alpha value is -2.21. The minimum atomic E-state index is -3.86. The third-order valence-corrected chi connectivity index (χ3v) is 7.81. The molecular weight excluding hydrogens is 457 g/mol. The predicted octanol–water partition coefficient (Wildman–Crippen LogP) is 2.25. The van der Waals surface area contributed by atoms with Gasteiger partial charge in [-0.15, -0.1) is 0 Å². The van der Waals surface area contributed by atoms with Gasteiger partial charge in [0.1, 0.15) is 22.8 Å². The van der Waals surface area contributed by atoms with E-state index in [1.54, 1.807) is 0 Å². The molecule has 1 aromatic carbocycles. The van der Waals surface area contributed by atoms with Crippen LogP contribution in [0.4, 0.5) is 5.69 Å². The molecule has 1 aliphatic rings. The monoisotopic (exact) mass is 475 g/mol. The summed E-state index contributed by atoms with van der Waals surface area (Å²) in [6.07, 6.45) is 0. The molecule has 2 heterocycles. The quantitative estimate of drug-likeness (QED) is 0.483. The van der Waals surface area contributed by atoms with Crippen molar-refractivity contribution in [2.24, 2.45) is 0 Å². The zero-order chi connectivity index (χ0) is 22.2. The fraction of sp³-hybridized carbons (Fsp3) is 0.412. The minimum Gasteiger partial charge on any atom is -0.338 e. The number of aryl methyl sites for hydroxylation is 1. The normalized spacial score (nSPS) is 15.4. The Kier molecular flexibility index (Phi) is 6.37. The molecule has 10 nitrogen and oxygen atoms in total. The third kappa shape index (κ3) is 4.15. The van der Waals surface area contributed by atoms with E-state index in [9.17, 15) is 23.3 Å². The van der Waals surface area contributed by atoms with Crippen molar-refractivity contribution in [2.75, 3.05) is 26.2 Å². The zero-order valence-corrected chi connectivity index (χ0v) is 18.5. The van der Waals surface area contributed by atoms with Gasteiger partial charge in [0.25, 0.3) is 0 Å². The van der Waals surface area contributed by atoms with Gasteiger partial charge in [0.05, 0.1) is 15.0 Å². The van der Waals surface area contributed by atoms with E-state index in [1.165, 1.54) is 45.9 Å². The molecular formula is C17H19Cl2N5O5S. The van der Waals surface area contributed by atoms with Crippen LogP contribution in [0.2, 0.25) is 10.0 Å². The van der Waals surface area contributed by atoms with E-state index in [1.807, 2.05) is 0 Å². The highest BCUT2D eigenvalue weighted by Gasteiger charge is 2.32. The smallest absolute Gasteiger partial charge is 0.312 e. The Morgan fingerprint density at radius 2 is 1.83 bits per heavy atom. The first-order chi connectivity index (χ1) is 14.0. The number of benzene rings is 1. The maximum atomic E-state index is 12.9. The van der Waals surface area contributed by atoms with Crippen LogP contribution in [0.5, 0.6) is 0 Å². The molecule has 1 fully saturated rings. The number of sulfonamides is 1. The van der Waals surface area contributed by atoms with Gasteiger partial charge >= 0.3 is 5.69 Å². The highest BCUT2D eigenvalue weighted by molar-refractivity contribution is 7.89. The first kappa shape index (κ1) is 22.5. The van der Waals surface area contributed by atoms with Crippen molar-refractivity contribution in [3.8, 4) is 0 Å². The van der Waals surface area contributed by atoms with Crippen LogP contribution in [0.3, 0.4) is 0 Å². The average Bonchev–Trinajstić information content (AvgIpc) is 2.97. The van der Waals surface area contributed by atoms with Gasteiger partial charge in [-0.1, -0.05) is 29.3 Å². The molecule has 162 valence electrons. The van der Waals surface area contributed by atoms with E-state index in [0.29, 0.717) is 5.69 Å². The maximum Gasteiger partial charge on any atom is 0.312 e. The van der Waals surface area contributed by atoms with Gasteiger partial charge < -0.3 is 4.90 Å². The number of halogens is 2. The molecule has 13 heteroatoms. The van der Waals surface area contributed by atoms with Crippen LogP contribution in [-0.4, -0.2) is 64.4 Å². The lowest BCUT2D eigenvalue weighted by molar-refractivity contribution is -0.386. The molecule has 30 heavy (non-hydrogen) atoms. The van der Waals surface area contributed by atoms with Crippen molar-refractivity contribution < 1.29 is 18.1 Å². The Balaban J connectivity index is 1.68. The number of nitrogens with zero attached hydrogens (tertiary/aromatic N) is 5. The lowest BCUT2D eigenvalue weighted by Crippen LogP contribution is -2.51. The number of piperazine rings is 1. The highest BCUT2D eigenvalue weighted by Crippen LogP contribution is 2.31. The number of hydrogen-bond acceptors (Lipinski definition) is 6. The van der Waals surface area contributed by atoms with Crippen LogP contribution in [0.15, 0.2) is 23.1 Å². The van der Waals surface area contributed by atoms with E-state index in [4.69, 9.17) is 23.2 Å². The van der Waals surface area contributed by atoms with Crippen LogP contribution in [0, 0.1) is 24.0 Å². The number of hydrogen-bond donors (Lipinski definition) is 0. The van der Waals surface area contributed by atoms with Crippen molar-refractivity contribution in [2.45, 2.75) is 25.3 Å². The molecule has 0 spiro atoms. The lowest BCUT2D eigenvalue weighted by atomic mass is 10.3. The van der Waals surface area contributed by atoms with Gasteiger partial charge in [0.15, 0.2) is 0 Å². The molecule has 1 aliphatic heterocycles. The van der Waals surface area contributed by atoms with Crippen LogP contribution in [0.1, 0.15) is 11.4 Å². The van der Waals surface area contributed by atoms with Gasteiger partial charge in [-0.2, -0.15) is 9.40 Å². The maximum absolute atomic E-state index is 12.9. The Morgan fingerprint density at radius 3 is 2.40 bits per heavy atom. The number of carbonyl (C=O) groups excluding carboxylic acids is 1. The Labute approximate surface area is 183 Å². The van der Waals surface area contributed by atoms with Crippen molar-refractivity contribution in [3.05, 3.63) is 49.7 Å². The molecule has 1 saturated heterocycles. The van der Waals surface area contributed by atoms with Gasteiger partial charge in [-0.25, -0.2) is 8.42 Å². The number of amides is 1. The van der Waals surface area contributed by atoms with Gasteiger partial charge in [0.2, 0.25) is 15.9 Å². The second-order valence-electron chi connectivity index (χ2n) is 6.77. The summed E-state index contributed by atoms with van der Waals surface area (Å²) in [7, 11) is -3.86. The summed E-state index contributed by atoms with van der Waals surface area (Å²) in [6, 6.07) is 4.40. The van der Waals surface area contributed by atoms with E-state index in [-0.39, 0.29) is 65.0 Å². The lowest BCUT2D eigenvalue weighted by Gasteiger charge is -2.34. The molecule has 1 amide bonds. The molecule has 0 bridgehead atoms. The SMILES string of the molecule is Cc1nn(CC(=O)N2CCN(S(=O)(=O)c3cccc(Cl)c3Cl)CC2)c(C)c1[N+](=O)[O-]. The van der Waals surface area contributed by atoms with Crippen molar-refractivity contribution in [1.29, 1.82) is 0 Å². The molecule has 3 rings (SSSR count). The number of nitro groups is 1. The second-order valence-corrected chi connectivity index (χ2v) is 9.46. The number of carbonyl (C=O) groups is 1. The summed E-state index contributed by atoms with van der Waals surface area (Å²) in [5.41, 5.74) is 0.416. The summed E-state index contributed by atoms with van der Waals surface area (Å²) in [5, 5.41) is 15.3. The molecule has 0 saturated carbocycles. The minimum absolute atomic E-state index is 0.0382. The van der Waals surface area contributed by atoms with Crippen LogP contribution in [-0.2, 0) is 21.4 Å². The van der Waals surface area contributed by atoms with E-state index >= 15 is 0 Å². The Bertz CT molecular complexity index is 1110. The molecule has 0 radical (unpaired) electrons. The zero-order valence-electron chi connectivity index (χ0n) is 16.2. The molecule has 2 aromatic rings. The largest absolute Gasteiger partial charge is 0.338 e. The van der Waals surface area contributed by atoms with E-state index in [2.05, 4.69) is 5.10 Å². The highest BCUT2D eigenvalue weighted by atomic mass is 35.5. The first-order valence-electron chi connectivity index (χ1n) is 8.94. The second kappa shape index (κ2) is 8.50. The van der Waals surface area contributed by atoms with Gasteiger partial charge in [0, 0.05) is 26.2 Å². The fourth-order valence-electron chi connectivity index (χ4n) is 3.33. The summed E-state index contributed by atoms with van der Waals surface area (Å²) < 4.78 is 28.3. The van der Waals surface area contributed by atoms with Crippen LogP contribution in [0.25, 0.3) is 0 Å². The Morgan fingerprint density at radius 1 is 1.20 bits per heavy atom. The van der Waals surface area contributed by atoms with Gasteiger partial charge in [-0.05, 0) is 26.0 Å². The molecule has 0 unspecified atom stereocenters. The van der Waals surface area contributed by atoms with Crippen molar-refractivity contribution in [1.82, 2.24) is 19.0 Å². The molecule has 0 N–H and O–H groups in total. The third-order valence-electron chi connectivity index (χ3n) is 4.94. The van der Waals surface area contributed by atoms with E-state index in [0.717, 1.165) is 0 Å². The van der Waals surface area contributed by atoms with Gasteiger partial charge in [-0.3, -0.25) is 19.6 Å².